The van der Waals surface area contributed by atoms with Crippen molar-refractivity contribution in [1.82, 2.24) is 4.90 Å². The van der Waals surface area contributed by atoms with E-state index in [4.69, 9.17) is 4.74 Å². The number of rotatable bonds is 5. The molecule has 0 radical (unpaired) electrons. The van der Waals surface area contributed by atoms with Gasteiger partial charge in [-0.2, -0.15) is 0 Å². The van der Waals surface area contributed by atoms with Gasteiger partial charge in [-0.1, -0.05) is 13.8 Å². The molecule has 0 saturated carbocycles. The molecule has 0 saturated heterocycles. The van der Waals surface area contributed by atoms with Crippen molar-refractivity contribution in [2.24, 2.45) is 0 Å². The van der Waals surface area contributed by atoms with Crippen molar-refractivity contribution >= 4 is 6.16 Å². The van der Waals surface area contributed by atoms with E-state index in [1.165, 1.54) is 7.11 Å². The number of carbonyl (C=O) groups is 1. The highest BCUT2D eigenvalue weighted by molar-refractivity contribution is 5.59. The van der Waals surface area contributed by atoms with Crippen molar-refractivity contribution in [3.05, 3.63) is 0 Å². The van der Waals surface area contributed by atoms with E-state index in [1.807, 2.05) is 0 Å². The molecule has 0 fully saturated rings. The second-order valence-corrected chi connectivity index (χ2v) is 2.33. The number of ether oxygens (including phenoxy) is 2. The molecule has 0 N–H and O–H groups in total. The van der Waals surface area contributed by atoms with Crippen LogP contribution in [-0.2, 0) is 9.47 Å². The molecule has 0 heterocycles. The molecule has 0 bridgehead atoms. The highest BCUT2D eigenvalue weighted by atomic mass is 16.7. The summed E-state index contributed by atoms with van der Waals surface area (Å²) in [5.41, 5.74) is 0. The van der Waals surface area contributed by atoms with Crippen LogP contribution in [-0.4, -0.2) is 44.4 Å². The molecular formula is C8H17NO3. The Kier molecular flexibility index (Phi) is 6.47. The fourth-order valence-corrected chi connectivity index (χ4v) is 0.857. The molecule has 0 amide bonds. The van der Waals surface area contributed by atoms with Crippen molar-refractivity contribution in [1.29, 1.82) is 0 Å². The fraction of sp³-hybridized carbons (Fsp3) is 0.875. The molecule has 0 aliphatic carbocycles. The Bertz CT molecular complexity index is 123. The van der Waals surface area contributed by atoms with Crippen molar-refractivity contribution in [3.63, 3.8) is 0 Å². The molecule has 0 spiro atoms. The van der Waals surface area contributed by atoms with Crippen LogP contribution in [0.5, 0.6) is 0 Å². The third-order valence-corrected chi connectivity index (χ3v) is 1.69. The van der Waals surface area contributed by atoms with E-state index in [0.29, 0.717) is 6.61 Å². The summed E-state index contributed by atoms with van der Waals surface area (Å²) in [7, 11) is 1.31. The normalized spacial score (nSPS) is 10.0. The second kappa shape index (κ2) is 6.91. The molecule has 72 valence electrons. The maximum Gasteiger partial charge on any atom is 0.508 e. The second-order valence-electron chi connectivity index (χ2n) is 2.33. The summed E-state index contributed by atoms with van der Waals surface area (Å²) in [5, 5.41) is 0. The highest BCUT2D eigenvalue weighted by Crippen LogP contribution is 1.88. The third kappa shape index (κ3) is 4.96. The van der Waals surface area contributed by atoms with Crippen LogP contribution in [0, 0.1) is 0 Å². The van der Waals surface area contributed by atoms with Crippen LogP contribution >= 0.6 is 0 Å². The van der Waals surface area contributed by atoms with E-state index in [1.54, 1.807) is 0 Å². The Labute approximate surface area is 73.4 Å². The minimum absolute atomic E-state index is 0.397. The van der Waals surface area contributed by atoms with Crippen molar-refractivity contribution in [2.45, 2.75) is 13.8 Å². The lowest BCUT2D eigenvalue weighted by Crippen LogP contribution is -2.27. The zero-order chi connectivity index (χ0) is 9.40. The Morgan fingerprint density at radius 2 is 1.92 bits per heavy atom. The summed E-state index contributed by atoms with van der Waals surface area (Å²) in [4.78, 5) is 12.7. The first-order valence-electron chi connectivity index (χ1n) is 4.17. The van der Waals surface area contributed by atoms with Gasteiger partial charge in [-0.3, -0.25) is 0 Å². The first-order chi connectivity index (χ1) is 5.74. The molecule has 0 aliphatic rings. The van der Waals surface area contributed by atoms with Crippen LogP contribution in [0.3, 0.4) is 0 Å². The van der Waals surface area contributed by atoms with Gasteiger partial charge in [-0.05, 0) is 13.1 Å². The minimum Gasteiger partial charge on any atom is -0.438 e. The summed E-state index contributed by atoms with van der Waals surface area (Å²) >= 11 is 0. The topological polar surface area (TPSA) is 38.8 Å². The van der Waals surface area contributed by atoms with Gasteiger partial charge in [-0.25, -0.2) is 4.79 Å². The van der Waals surface area contributed by atoms with Gasteiger partial charge in [0.25, 0.3) is 0 Å². The Morgan fingerprint density at radius 1 is 1.33 bits per heavy atom. The van der Waals surface area contributed by atoms with E-state index in [0.717, 1.165) is 19.6 Å². The van der Waals surface area contributed by atoms with Gasteiger partial charge in [0, 0.05) is 6.54 Å². The van der Waals surface area contributed by atoms with Gasteiger partial charge in [0.1, 0.15) is 6.61 Å². The largest absolute Gasteiger partial charge is 0.508 e. The number of carbonyl (C=O) groups excluding carboxylic acids is 1. The van der Waals surface area contributed by atoms with E-state index in [-0.39, 0.29) is 0 Å². The van der Waals surface area contributed by atoms with E-state index >= 15 is 0 Å². The van der Waals surface area contributed by atoms with Crippen molar-refractivity contribution in [3.8, 4) is 0 Å². The first kappa shape index (κ1) is 11.2. The Morgan fingerprint density at radius 3 is 2.33 bits per heavy atom. The SMILES string of the molecule is CCN(CC)CCOC(=O)OC. The standard InChI is InChI=1S/C8H17NO3/c1-4-9(5-2)6-7-12-8(10)11-3/h4-7H2,1-3H3. The predicted molar refractivity (Wildman–Crippen MR) is 46.1 cm³/mol. The lowest BCUT2D eigenvalue weighted by molar-refractivity contribution is 0.0646. The van der Waals surface area contributed by atoms with E-state index in [9.17, 15) is 4.79 Å². The molecule has 0 rings (SSSR count). The van der Waals surface area contributed by atoms with E-state index in [2.05, 4.69) is 23.5 Å². The number of methoxy groups -OCH3 is 1. The summed E-state index contributed by atoms with van der Waals surface area (Å²) < 4.78 is 9.04. The molecule has 0 unspecified atom stereocenters. The maximum atomic E-state index is 10.5. The Balaban J connectivity index is 3.34. The molecular weight excluding hydrogens is 158 g/mol. The molecule has 0 aromatic carbocycles. The molecule has 0 aromatic heterocycles. The van der Waals surface area contributed by atoms with Crippen molar-refractivity contribution < 1.29 is 14.3 Å². The van der Waals surface area contributed by atoms with E-state index < -0.39 is 6.16 Å². The quantitative estimate of drug-likeness (QED) is 0.587. The molecule has 12 heavy (non-hydrogen) atoms. The average molecular weight is 175 g/mol. The molecule has 0 aliphatic heterocycles. The molecule has 4 heteroatoms. The summed E-state index contributed by atoms with van der Waals surface area (Å²) in [6.45, 7) is 7.25. The van der Waals surface area contributed by atoms with Gasteiger partial charge in [0.2, 0.25) is 0 Å². The molecule has 0 atom stereocenters. The summed E-state index contributed by atoms with van der Waals surface area (Å²) in [6.07, 6.45) is -0.609. The highest BCUT2D eigenvalue weighted by Gasteiger charge is 2.02. The van der Waals surface area contributed by atoms with Gasteiger partial charge in [0.15, 0.2) is 0 Å². The van der Waals surface area contributed by atoms with Crippen molar-refractivity contribution in [2.75, 3.05) is 33.4 Å². The van der Waals surface area contributed by atoms with Crippen LogP contribution in [0.4, 0.5) is 4.79 Å². The lowest BCUT2D eigenvalue weighted by atomic mass is 10.5. The third-order valence-electron chi connectivity index (χ3n) is 1.69. The van der Waals surface area contributed by atoms with Crippen LogP contribution in [0.1, 0.15) is 13.8 Å². The zero-order valence-corrected chi connectivity index (χ0v) is 8.00. The van der Waals surface area contributed by atoms with Crippen LogP contribution in [0.15, 0.2) is 0 Å². The molecule has 4 nitrogen and oxygen atoms in total. The fourth-order valence-electron chi connectivity index (χ4n) is 0.857. The predicted octanol–water partition coefficient (Wildman–Crippen LogP) is 1.11. The van der Waals surface area contributed by atoms with Crippen LogP contribution in [0.25, 0.3) is 0 Å². The number of likely N-dealkylation sites (N-methyl/N-ethyl adjacent to an activating group) is 1. The minimum atomic E-state index is -0.609. The van der Waals surface area contributed by atoms with Gasteiger partial charge < -0.3 is 14.4 Å². The number of hydrogen-bond acceptors (Lipinski definition) is 4. The van der Waals surface area contributed by atoms with Gasteiger partial charge in [0.05, 0.1) is 7.11 Å². The average Bonchev–Trinajstić information content (AvgIpc) is 2.12. The van der Waals surface area contributed by atoms with Crippen LogP contribution < -0.4 is 0 Å². The summed E-state index contributed by atoms with van der Waals surface area (Å²) in [5.74, 6) is 0. The first-order valence-corrected chi connectivity index (χ1v) is 4.17. The summed E-state index contributed by atoms with van der Waals surface area (Å²) in [6, 6.07) is 0. The van der Waals surface area contributed by atoms with Gasteiger partial charge in [-0.15, -0.1) is 0 Å². The van der Waals surface area contributed by atoms with Gasteiger partial charge >= 0.3 is 6.16 Å². The maximum absolute atomic E-state index is 10.5. The Hall–Kier alpha value is -0.770. The lowest BCUT2D eigenvalue weighted by Gasteiger charge is -2.16. The zero-order valence-electron chi connectivity index (χ0n) is 8.00. The van der Waals surface area contributed by atoms with Crippen LogP contribution in [0.2, 0.25) is 0 Å². The number of nitrogens with zero attached hydrogens (tertiary/aromatic N) is 1. The smallest absolute Gasteiger partial charge is 0.438 e. The number of hydrogen-bond donors (Lipinski definition) is 0. The monoisotopic (exact) mass is 175 g/mol. The molecule has 0 aromatic rings.